The minimum Gasteiger partial charge on any atom is -0.448 e. The van der Waals surface area contributed by atoms with Gasteiger partial charge in [-0.3, -0.25) is 9.59 Å². The molecule has 0 amide bonds. The fourth-order valence-corrected chi connectivity index (χ4v) is 9.30. The predicted octanol–water partition coefficient (Wildman–Crippen LogP) is 6.50. The summed E-state index contributed by atoms with van der Waals surface area (Å²) < 4.78 is 69.0. The SMILES string of the molecule is C#Cc1ccc2c(c1)S(=O)(=O)N=C(C(=O)CCC(c1ccccc1)c1ncco1)N2.O=C(CCC(c1ccccc1)c1ncco1)C1=NS(=O)(=O)c2cc(-c3cn[nH]n3)ccc2N1. The number of carbonyl (C=O) groups excluding carboxylic acids is 2. The molecule has 4 aromatic carbocycles. The Kier molecular flexibility index (Phi) is 12.0. The number of terminal acetylenes is 1. The van der Waals surface area contributed by atoms with Crippen LogP contribution in [0.5, 0.6) is 0 Å². The standard InChI is InChI=1S/C22H18N6O4S.C22H17N3O4S/c29-19(9-7-16(22-23-10-11-32-22)14-4-2-1-3-5-14)21-25-17-8-6-15(18-13-24-28-26-18)12-20(17)33(30,31)27-21;1-2-15-8-10-18-20(14-15)30(27,28)25-21(24-18)19(26)11-9-17(22-23-12-13-29-22)16-6-4-3-5-7-16/h1-6,8,10-13,16H,7,9H2,(H,25,27)(H,24,26,28);1,3-8,10,12-14,17H,9,11H2,(H,24,25). The Balaban J connectivity index is 0.000000174. The van der Waals surface area contributed by atoms with E-state index in [9.17, 15) is 26.4 Å². The van der Waals surface area contributed by atoms with Crippen LogP contribution in [0.25, 0.3) is 11.3 Å². The lowest BCUT2D eigenvalue weighted by Crippen LogP contribution is -2.29. The monoisotopic (exact) mass is 881 g/mol. The molecule has 2 aliphatic rings. The zero-order chi connectivity index (χ0) is 44.0. The van der Waals surface area contributed by atoms with Gasteiger partial charge in [-0.1, -0.05) is 72.7 Å². The molecule has 0 saturated heterocycles. The van der Waals surface area contributed by atoms with Gasteiger partial charge in [-0.05, 0) is 54.3 Å². The Hall–Kier alpha value is -7.82. The molecule has 0 bridgehead atoms. The number of carbonyl (C=O) groups is 2. The van der Waals surface area contributed by atoms with Crippen LogP contribution in [0.1, 0.15) is 66.0 Å². The summed E-state index contributed by atoms with van der Waals surface area (Å²) in [7, 11) is -8.09. The van der Waals surface area contributed by atoms with Gasteiger partial charge in [0.05, 0.1) is 41.8 Å². The summed E-state index contributed by atoms with van der Waals surface area (Å²) in [6, 6.07) is 28.3. The first-order valence-corrected chi connectivity index (χ1v) is 22.2. The maximum absolute atomic E-state index is 12.9. The van der Waals surface area contributed by atoms with Crippen LogP contribution in [0, 0.1) is 12.3 Å². The summed E-state index contributed by atoms with van der Waals surface area (Å²) in [6.07, 6.45) is 13.8. The molecule has 2 aliphatic heterocycles. The molecule has 0 fully saturated rings. The van der Waals surface area contributed by atoms with Gasteiger partial charge in [0.15, 0.2) is 23.2 Å². The second-order valence-corrected chi connectivity index (χ2v) is 17.2. The molecule has 3 N–H and O–H groups in total. The summed E-state index contributed by atoms with van der Waals surface area (Å²) >= 11 is 0. The number of oxazole rings is 2. The van der Waals surface area contributed by atoms with Crippen LogP contribution in [0.2, 0.25) is 0 Å². The molecule has 0 radical (unpaired) electrons. The summed E-state index contributed by atoms with van der Waals surface area (Å²) in [6.45, 7) is 0. The number of aromatic nitrogens is 5. The molecular formula is C44H35N9O8S2. The maximum Gasteiger partial charge on any atom is 0.286 e. The second-order valence-electron chi connectivity index (χ2n) is 14.1. The van der Waals surface area contributed by atoms with Crippen molar-refractivity contribution in [3.8, 4) is 23.6 Å². The van der Waals surface area contributed by atoms with Crippen molar-refractivity contribution in [1.82, 2.24) is 25.4 Å². The third kappa shape index (κ3) is 9.41. The van der Waals surface area contributed by atoms with Crippen molar-refractivity contribution in [1.29, 1.82) is 0 Å². The lowest BCUT2D eigenvalue weighted by atomic mass is 9.93. The predicted molar refractivity (Wildman–Crippen MR) is 231 cm³/mol. The van der Waals surface area contributed by atoms with E-state index in [1.165, 1.54) is 36.9 Å². The first-order chi connectivity index (χ1) is 30.5. The number of Topliss-reactive ketones (excluding diaryl/α,β-unsaturated/α-hetero) is 2. The third-order valence-corrected chi connectivity index (χ3v) is 12.7. The summed E-state index contributed by atoms with van der Waals surface area (Å²) in [5.74, 6) is 1.62. The van der Waals surface area contributed by atoms with E-state index >= 15 is 0 Å². The van der Waals surface area contributed by atoms with Gasteiger partial charge < -0.3 is 19.5 Å². The van der Waals surface area contributed by atoms with Gasteiger partial charge in [-0.15, -0.1) is 15.2 Å². The first-order valence-electron chi connectivity index (χ1n) is 19.3. The smallest absolute Gasteiger partial charge is 0.286 e. The Morgan fingerprint density at radius 1 is 0.667 bits per heavy atom. The summed E-state index contributed by atoms with van der Waals surface area (Å²) in [5.41, 5.74) is 3.94. The molecule has 7 aromatic rings. The summed E-state index contributed by atoms with van der Waals surface area (Å²) in [5, 5.41) is 15.9. The number of fused-ring (bicyclic) bond motifs is 2. The van der Waals surface area contributed by atoms with Crippen LogP contribution < -0.4 is 10.6 Å². The Morgan fingerprint density at radius 3 is 1.63 bits per heavy atom. The van der Waals surface area contributed by atoms with E-state index in [-0.39, 0.29) is 57.5 Å². The number of hydrogen-bond donors (Lipinski definition) is 3. The Labute approximate surface area is 360 Å². The molecular weight excluding hydrogens is 847 g/mol. The third-order valence-electron chi connectivity index (χ3n) is 10.1. The van der Waals surface area contributed by atoms with Crippen LogP contribution in [0.3, 0.4) is 0 Å². The number of sulfonamides is 2. The molecule has 0 saturated carbocycles. The normalized spacial score (nSPS) is 15.2. The Bertz CT molecular complexity index is 3100. The van der Waals surface area contributed by atoms with E-state index in [0.717, 1.165) is 11.1 Å². The quantitative estimate of drug-likeness (QED) is 0.105. The molecule has 19 heteroatoms. The zero-order valence-electron chi connectivity index (χ0n) is 33.0. The number of nitrogens with zero attached hydrogens (tertiary/aromatic N) is 6. The Morgan fingerprint density at radius 2 is 1.17 bits per heavy atom. The number of hydrogen-bond acceptors (Lipinski definition) is 14. The fraction of sp³-hybridized carbons (Fsp3) is 0.136. The van der Waals surface area contributed by atoms with Crippen LogP contribution in [0.15, 0.2) is 156 Å². The molecule has 5 heterocycles. The van der Waals surface area contributed by atoms with Crippen molar-refractivity contribution in [3.63, 3.8) is 0 Å². The van der Waals surface area contributed by atoms with Crippen LogP contribution in [-0.4, -0.2) is 65.5 Å². The van der Waals surface area contributed by atoms with Crippen molar-refractivity contribution in [3.05, 3.63) is 157 Å². The molecule has 9 rings (SSSR count). The van der Waals surface area contributed by atoms with Gasteiger partial charge in [0.25, 0.3) is 20.0 Å². The number of aromatic amines is 1. The van der Waals surface area contributed by atoms with Crippen molar-refractivity contribution in [2.24, 2.45) is 8.80 Å². The van der Waals surface area contributed by atoms with Gasteiger partial charge in [0, 0.05) is 24.0 Å². The first kappa shape index (κ1) is 41.9. The van der Waals surface area contributed by atoms with Crippen LogP contribution >= 0.6 is 0 Å². The lowest BCUT2D eigenvalue weighted by molar-refractivity contribution is -0.113. The van der Waals surface area contributed by atoms with E-state index in [1.54, 1.807) is 30.6 Å². The van der Waals surface area contributed by atoms with Gasteiger partial charge in [0.1, 0.15) is 28.0 Å². The molecule has 17 nitrogen and oxygen atoms in total. The summed E-state index contributed by atoms with van der Waals surface area (Å²) in [4.78, 5) is 34.1. The fourth-order valence-electron chi connectivity index (χ4n) is 6.99. The maximum atomic E-state index is 12.9. The highest BCUT2D eigenvalue weighted by Crippen LogP contribution is 2.34. The zero-order valence-corrected chi connectivity index (χ0v) is 34.6. The van der Waals surface area contributed by atoms with E-state index in [1.807, 2.05) is 60.7 Å². The van der Waals surface area contributed by atoms with Crippen molar-refractivity contribution >= 4 is 54.7 Å². The van der Waals surface area contributed by atoms with Crippen molar-refractivity contribution in [2.75, 3.05) is 10.6 Å². The van der Waals surface area contributed by atoms with E-state index in [0.29, 0.717) is 41.4 Å². The van der Waals surface area contributed by atoms with Crippen molar-refractivity contribution in [2.45, 2.75) is 47.3 Å². The molecule has 316 valence electrons. The van der Waals surface area contributed by atoms with Crippen LogP contribution in [0.4, 0.5) is 11.4 Å². The molecule has 0 aliphatic carbocycles. The van der Waals surface area contributed by atoms with Crippen LogP contribution in [-0.2, 0) is 29.6 Å². The van der Waals surface area contributed by atoms with Gasteiger partial charge in [0.2, 0.25) is 11.8 Å². The van der Waals surface area contributed by atoms with Gasteiger partial charge >= 0.3 is 0 Å². The lowest BCUT2D eigenvalue weighted by Gasteiger charge is -2.19. The number of amidine groups is 2. The number of nitrogens with one attached hydrogen (secondary N) is 3. The number of benzene rings is 4. The topological polar surface area (TPSA) is 245 Å². The minimum atomic E-state index is -4.07. The van der Waals surface area contributed by atoms with E-state index in [2.05, 4.69) is 50.7 Å². The van der Waals surface area contributed by atoms with E-state index in [4.69, 9.17) is 15.3 Å². The second kappa shape index (κ2) is 18.0. The number of rotatable bonds is 13. The van der Waals surface area contributed by atoms with Crippen molar-refractivity contribution < 1.29 is 35.3 Å². The highest BCUT2D eigenvalue weighted by molar-refractivity contribution is 7.91. The van der Waals surface area contributed by atoms with Gasteiger partial charge in [-0.2, -0.15) is 32.2 Å². The molecule has 0 spiro atoms. The van der Waals surface area contributed by atoms with E-state index < -0.39 is 31.6 Å². The minimum absolute atomic E-state index is 0.0264. The average Bonchev–Trinajstić information content (AvgIpc) is 4.13. The van der Waals surface area contributed by atoms with Gasteiger partial charge in [-0.25, -0.2) is 9.97 Å². The largest absolute Gasteiger partial charge is 0.448 e. The molecule has 2 unspecified atom stereocenters. The number of ketones is 2. The highest BCUT2D eigenvalue weighted by atomic mass is 32.2. The number of anilines is 2. The molecule has 3 aromatic heterocycles. The molecule has 2 atom stereocenters. The highest BCUT2D eigenvalue weighted by Gasteiger charge is 2.31. The molecule has 63 heavy (non-hydrogen) atoms. The average molecular weight is 882 g/mol. The number of H-pyrrole nitrogens is 1.